The Bertz CT molecular complexity index is 1120. The Morgan fingerprint density at radius 1 is 1.23 bits per heavy atom. The minimum atomic E-state index is -3.77. The summed E-state index contributed by atoms with van der Waals surface area (Å²) in [5.41, 5.74) is 1.55. The van der Waals surface area contributed by atoms with Crippen LogP contribution in [0.5, 0.6) is 5.75 Å². The molecule has 1 heterocycles. The number of rotatable bonds is 7. The summed E-state index contributed by atoms with van der Waals surface area (Å²) in [6.07, 6.45) is 2.68. The van der Waals surface area contributed by atoms with Crippen LogP contribution in [0.1, 0.15) is 16.7 Å². The number of nitrogens with zero attached hydrogens (tertiary/aromatic N) is 2. The number of hydrogen-bond acceptors (Lipinski definition) is 7. The quantitative estimate of drug-likeness (QED) is 0.479. The highest BCUT2D eigenvalue weighted by atomic mass is 32.2. The monoisotopic (exact) mass is 442 g/mol. The van der Waals surface area contributed by atoms with Crippen LogP contribution in [0.15, 0.2) is 53.4 Å². The number of carbonyl (C=O) groups excluding carboxylic acids is 1. The fraction of sp³-hybridized carbons (Fsp3) is 0.273. The van der Waals surface area contributed by atoms with Crippen molar-refractivity contribution < 1.29 is 27.4 Å². The summed E-state index contributed by atoms with van der Waals surface area (Å²) in [6, 6.07) is 13.5. The van der Waals surface area contributed by atoms with Gasteiger partial charge in [0.25, 0.3) is 0 Å². The van der Waals surface area contributed by atoms with Crippen molar-refractivity contribution in [1.82, 2.24) is 4.31 Å². The van der Waals surface area contributed by atoms with E-state index >= 15 is 0 Å². The zero-order valence-corrected chi connectivity index (χ0v) is 17.8. The second-order valence-corrected chi connectivity index (χ2v) is 8.54. The first-order valence-electron chi connectivity index (χ1n) is 9.54. The van der Waals surface area contributed by atoms with Crippen LogP contribution in [0.2, 0.25) is 0 Å². The normalized spacial score (nSPS) is 14.8. The fourth-order valence-electron chi connectivity index (χ4n) is 3.04. The third-order valence-electron chi connectivity index (χ3n) is 4.70. The number of esters is 1. The van der Waals surface area contributed by atoms with E-state index in [9.17, 15) is 13.2 Å². The van der Waals surface area contributed by atoms with Gasteiger partial charge in [0, 0.05) is 24.7 Å². The van der Waals surface area contributed by atoms with Crippen LogP contribution in [-0.4, -0.2) is 52.1 Å². The number of sulfonamides is 1. The van der Waals surface area contributed by atoms with Crippen LogP contribution in [0.4, 0.5) is 0 Å². The van der Waals surface area contributed by atoms with E-state index in [0.29, 0.717) is 29.9 Å². The summed E-state index contributed by atoms with van der Waals surface area (Å²) >= 11 is 0. The lowest BCUT2D eigenvalue weighted by Gasteiger charge is -2.26. The molecule has 8 nitrogen and oxygen atoms in total. The largest absolute Gasteiger partial charge is 0.495 e. The zero-order chi connectivity index (χ0) is 22.3. The third-order valence-corrected chi connectivity index (χ3v) is 6.62. The van der Waals surface area contributed by atoms with Crippen LogP contribution in [-0.2, 0) is 30.9 Å². The van der Waals surface area contributed by atoms with Gasteiger partial charge in [0.15, 0.2) is 0 Å². The molecule has 0 saturated carbocycles. The molecule has 0 aromatic heterocycles. The molecule has 1 aliphatic heterocycles. The van der Waals surface area contributed by atoms with E-state index in [0.717, 1.165) is 0 Å². The Morgan fingerprint density at radius 2 is 1.97 bits per heavy atom. The first-order chi connectivity index (χ1) is 15.0. The predicted molar refractivity (Wildman–Crippen MR) is 113 cm³/mol. The molecule has 3 rings (SSSR count). The molecule has 0 N–H and O–H groups in total. The summed E-state index contributed by atoms with van der Waals surface area (Å²) in [6.45, 7) is 1.17. The number of nitriles is 1. The Balaban J connectivity index is 1.74. The van der Waals surface area contributed by atoms with Crippen LogP contribution in [0.25, 0.3) is 6.08 Å². The van der Waals surface area contributed by atoms with Gasteiger partial charge in [-0.3, -0.25) is 0 Å². The molecule has 162 valence electrons. The van der Waals surface area contributed by atoms with E-state index < -0.39 is 16.0 Å². The van der Waals surface area contributed by atoms with Crippen molar-refractivity contribution in [3.63, 3.8) is 0 Å². The molecule has 2 aromatic carbocycles. The molecule has 0 unspecified atom stereocenters. The van der Waals surface area contributed by atoms with Crippen LogP contribution in [0.3, 0.4) is 0 Å². The molecule has 0 amide bonds. The highest BCUT2D eigenvalue weighted by Crippen LogP contribution is 2.28. The Morgan fingerprint density at radius 3 is 2.68 bits per heavy atom. The van der Waals surface area contributed by atoms with E-state index in [1.54, 1.807) is 36.4 Å². The zero-order valence-electron chi connectivity index (χ0n) is 17.0. The van der Waals surface area contributed by atoms with Gasteiger partial charge in [-0.25, -0.2) is 13.2 Å². The van der Waals surface area contributed by atoms with Crippen molar-refractivity contribution in [2.75, 3.05) is 33.4 Å². The number of hydrogen-bond donors (Lipinski definition) is 0. The number of ether oxygens (including phenoxy) is 3. The highest BCUT2D eigenvalue weighted by Gasteiger charge is 2.29. The summed E-state index contributed by atoms with van der Waals surface area (Å²) in [5, 5.41) is 9.09. The van der Waals surface area contributed by atoms with Crippen molar-refractivity contribution in [3.05, 3.63) is 65.2 Å². The number of methoxy groups -OCH3 is 1. The van der Waals surface area contributed by atoms with E-state index in [4.69, 9.17) is 19.5 Å². The van der Waals surface area contributed by atoms with Gasteiger partial charge in [-0.2, -0.15) is 9.57 Å². The van der Waals surface area contributed by atoms with Gasteiger partial charge in [-0.15, -0.1) is 0 Å². The second kappa shape index (κ2) is 10.2. The standard InChI is InChI=1S/C22H22N2O6S/c1-28-20-8-6-17(14-21(20)31(26,27)24-10-12-29-13-11-24)7-9-22(25)30-16-19-5-3-2-4-18(19)15-23/h2-9,14H,10-13,16H2,1H3/b9-7+. The van der Waals surface area contributed by atoms with Gasteiger partial charge < -0.3 is 14.2 Å². The van der Waals surface area contributed by atoms with Crippen LogP contribution >= 0.6 is 0 Å². The van der Waals surface area contributed by atoms with Gasteiger partial charge in [0.1, 0.15) is 17.3 Å². The Hall–Kier alpha value is -3.19. The van der Waals surface area contributed by atoms with Crippen LogP contribution in [0, 0.1) is 11.3 Å². The molecule has 9 heteroatoms. The molecule has 1 saturated heterocycles. The van der Waals surface area contributed by atoms with Crippen molar-refractivity contribution in [2.45, 2.75) is 11.5 Å². The van der Waals surface area contributed by atoms with Crippen molar-refractivity contribution in [1.29, 1.82) is 5.26 Å². The lowest BCUT2D eigenvalue weighted by Crippen LogP contribution is -2.40. The van der Waals surface area contributed by atoms with E-state index in [1.165, 1.54) is 29.6 Å². The summed E-state index contributed by atoms with van der Waals surface area (Å²) < 4.78 is 43.0. The van der Waals surface area contributed by atoms with E-state index in [2.05, 4.69) is 0 Å². The molecule has 31 heavy (non-hydrogen) atoms. The van der Waals surface area contributed by atoms with Gasteiger partial charge in [0.05, 0.1) is 32.0 Å². The summed E-state index contributed by atoms with van der Waals surface area (Å²) in [5.74, 6) is -0.388. The third kappa shape index (κ3) is 5.49. The Kier molecular flexibility index (Phi) is 7.41. The highest BCUT2D eigenvalue weighted by molar-refractivity contribution is 7.89. The van der Waals surface area contributed by atoms with Crippen molar-refractivity contribution in [3.8, 4) is 11.8 Å². The number of carbonyl (C=O) groups is 1. The molecule has 0 radical (unpaired) electrons. The summed E-state index contributed by atoms with van der Waals surface area (Å²) in [4.78, 5) is 12.1. The predicted octanol–water partition coefficient (Wildman–Crippen LogP) is 2.34. The van der Waals surface area contributed by atoms with E-state index in [-0.39, 0.29) is 30.3 Å². The molecule has 0 bridgehead atoms. The van der Waals surface area contributed by atoms with Gasteiger partial charge in [0.2, 0.25) is 10.0 Å². The minimum absolute atomic E-state index is 0.0235. The molecule has 0 spiro atoms. The molecular formula is C22H22N2O6S. The fourth-order valence-corrected chi connectivity index (χ4v) is 4.64. The molecule has 1 fully saturated rings. The topological polar surface area (TPSA) is 106 Å². The number of morpholine rings is 1. The van der Waals surface area contributed by atoms with Gasteiger partial charge in [-0.05, 0) is 29.8 Å². The average molecular weight is 442 g/mol. The maximum Gasteiger partial charge on any atom is 0.331 e. The molecule has 1 aliphatic rings. The lowest BCUT2D eigenvalue weighted by atomic mass is 10.1. The maximum absolute atomic E-state index is 13.0. The van der Waals surface area contributed by atoms with Gasteiger partial charge in [-0.1, -0.05) is 24.3 Å². The van der Waals surface area contributed by atoms with E-state index in [1.807, 2.05) is 6.07 Å². The molecule has 2 aromatic rings. The van der Waals surface area contributed by atoms with Gasteiger partial charge >= 0.3 is 5.97 Å². The smallest absolute Gasteiger partial charge is 0.331 e. The molecule has 0 aliphatic carbocycles. The average Bonchev–Trinajstić information content (AvgIpc) is 2.81. The molecule has 0 atom stereocenters. The van der Waals surface area contributed by atoms with Crippen LogP contribution < -0.4 is 4.74 Å². The molecular weight excluding hydrogens is 420 g/mol. The summed E-state index contributed by atoms with van der Waals surface area (Å²) in [7, 11) is -2.37. The first kappa shape index (κ1) is 22.5. The van der Waals surface area contributed by atoms with Crippen molar-refractivity contribution >= 4 is 22.1 Å². The SMILES string of the molecule is COc1ccc(/C=C/C(=O)OCc2ccccc2C#N)cc1S(=O)(=O)N1CCOCC1. The first-order valence-corrected chi connectivity index (χ1v) is 11.0. The number of benzene rings is 2. The maximum atomic E-state index is 13.0. The van der Waals surface area contributed by atoms with Crippen molar-refractivity contribution in [2.24, 2.45) is 0 Å². The Labute approximate surface area is 181 Å². The minimum Gasteiger partial charge on any atom is -0.495 e. The second-order valence-electron chi connectivity index (χ2n) is 6.64. The lowest BCUT2D eigenvalue weighted by molar-refractivity contribution is -0.138.